The fourth-order valence-electron chi connectivity index (χ4n) is 4.81. The van der Waals surface area contributed by atoms with Crippen molar-refractivity contribution >= 4 is 11.7 Å². The highest BCUT2D eigenvalue weighted by atomic mass is 19.1. The number of allylic oxidation sites excluding steroid dienone is 2. The number of hydrogen-bond acceptors (Lipinski definition) is 8. The molecule has 0 amide bonds. The van der Waals surface area contributed by atoms with Crippen LogP contribution >= 0.6 is 0 Å². The molecule has 0 bridgehead atoms. The van der Waals surface area contributed by atoms with Crippen LogP contribution in [-0.2, 0) is 34.3 Å². The van der Waals surface area contributed by atoms with Crippen LogP contribution in [0.4, 0.5) is 10.3 Å². The van der Waals surface area contributed by atoms with Gasteiger partial charge in [-0.15, -0.1) is 6.58 Å². The summed E-state index contributed by atoms with van der Waals surface area (Å²) in [6.07, 6.45) is 5.77. The molecule has 192 valence electrons. The molecule has 2 aromatic rings. The molecule has 36 heavy (non-hydrogen) atoms. The van der Waals surface area contributed by atoms with Crippen molar-refractivity contribution in [3.05, 3.63) is 70.0 Å². The van der Waals surface area contributed by atoms with Gasteiger partial charge in [-0.2, -0.15) is 0 Å². The summed E-state index contributed by atoms with van der Waals surface area (Å²) in [4.78, 5) is 26.7. The zero-order chi connectivity index (χ0) is 26.0. The number of hydrogen-bond donors (Lipinski definition) is 0. The molecule has 0 N–H and O–H groups in total. The average molecular weight is 502 g/mol. The van der Waals surface area contributed by atoms with Crippen molar-refractivity contribution < 1.29 is 33.1 Å². The maximum Gasteiger partial charge on any atom is 0.434 e. The van der Waals surface area contributed by atoms with E-state index in [1.54, 1.807) is 12.1 Å². The molecule has 3 atom stereocenters. The van der Waals surface area contributed by atoms with Gasteiger partial charge in [-0.05, 0) is 41.7 Å². The number of benzene rings is 1. The van der Waals surface area contributed by atoms with Gasteiger partial charge in [0.15, 0.2) is 29.8 Å². The predicted octanol–water partition coefficient (Wildman–Crippen LogP) is 4.03. The van der Waals surface area contributed by atoms with Gasteiger partial charge >= 0.3 is 5.95 Å². The Morgan fingerprint density at radius 1 is 1.44 bits per heavy atom. The van der Waals surface area contributed by atoms with E-state index in [2.05, 4.69) is 11.6 Å². The van der Waals surface area contributed by atoms with Gasteiger partial charge in [-0.25, -0.2) is 8.96 Å². The van der Waals surface area contributed by atoms with E-state index in [4.69, 9.17) is 18.9 Å². The Balaban J connectivity index is 1.58. The van der Waals surface area contributed by atoms with E-state index in [0.29, 0.717) is 29.9 Å². The van der Waals surface area contributed by atoms with Gasteiger partial charge in [0.1, 0.15) is 30.0 Å². The summed E-state index contributed by atoms with van der Waals surface area (Å²) in [5.74, 6) is -0.378. The first-order chi connectivity index (χ1) is 17.2. The molecule has 11 heteroatoms. The van der Waals surface area contributed by atoms with Crippen molar-refractivity contribution in [2.45, 2.75) is 38.4 Å². The highest BCUT2D eigenvalue weighted by molar-refractivity contribution is 5.93. The first-order valence-electron chi connectivity index (χ1n) is 11.5. The fourth-order valence-corrected chi connectivity index (χ4v) is 4.81. The van der Waals surface area contributed by atoms with Crippen molar-refractivity contribution in [2.24, 2.45) is 18.9 Å². The van der Waals surface area contributed by atoms with Crippen molar-refractivity contribution in [1.82, 2.24) is 9.55 Å². The normalized spacial score (nSPS) is 21.8. The summed E-state index contributed by atoms with van der Waals surface area (Å²) < 4.78 is 39.2. The zero-order valence-electron chi connectivity index (χ0n) is 20.4. The molecule has 1 aliphatic carbocycles. The molecule has 1 unspecified atom stereocenters. The number of carbonyl (C=O) groups excluding carboxylic acids is 1. The Hall–Kier alpha value is -3.73. The van der Waals surface area contributed by atoms with Crippen molar-refractivity contribution in [2.75, 3.05) is 13.9 Å². The zero-order valence-corrected chi connectivity index (χ0v) is 20.4. The van der Waals surface area contributed by atoms with E-state index in [1.807, 2.05) is 6.92 Å². The minimum atomic E-state index is -0.845. The third kappa shape index (κ3) is 4.58. The molecule has 1 aromatic carbocycles. The highest BCUT2D eigenvalue weighted by Crippen LogP contribution is 2.47. The highest BCUT2D eigenvalue weighted by Gasteiger charge is 2.51. The Morgan fingerprint density at radius 2 is 2.22 bits per heavy atom. The Bertz CT molecular complexity index is 1220. The number of carbonyl (C=O) groups is 1. The first-order valence-corrected chi connectivity index (χ1v) is 11.5. The number of aromatic nitrogens is 2. The molecular weight excluding hydrogens is 473 g/mol. The fraction of sp³-hybridized carbons (Fsp3) is 0.440. The lowest BCUT2D eigenvalue weighted by atomic mass is 9.71. The van der Waals surface area contributed by atoms with Gasteiger partial charge in [-0.3, -0.25) is 4.79 Å². The van der Waals surface area contributed by atoms with Gasteiger partial charge in [0, 0.05) is 18.1 Å². The monoisotopic (exact) mass is 501 g/mol. The third-order valence-electron chi connectivity index (χ3n) is 6.88. The van der Waals surface area contributed by atoms with Crippen LogP contribution in [0.2, 0.25) is 0 Å². The van der Waals surface area contributed by atoms with Gasteiger partial charge in [0.25, 0.3) is 0 Å². The Kier molecular flexibility index (Phi) is 7.11. The molecule has 1 fully saturated rings. The number of ketones is 1. The molecule has 2 aliphatic rings. The third-order valence-corrected chi connectivity index (χ3v) is 6.88. The second kappa shape index (κ2) is 10.1. The molecular formula is C25H28FN3O7. The number of rotatable bonds is 10. The second-order valence-corrected chi connectivity index (χ2v) is 8.99. The number of nitrogens with zero attached hydrogens (tertiary/aromatic N) is 3. The van der Waals surface area contributed by atoms with Crippen LogP contribution in [0.3, 0.4) is 0 Å². The largest absolute Gasteiger partial charge is 0.493 e. The lowest BCUT2D eigenvalue weighted by Gasteiger charge is -2.38. The van der Waals surface area contributed by atoms with Gasteiger partial charge in [0.2, 0.25) is 0 Å². The Labute approximate surface area is 207 Å². The summed E-state index contributed by atoms with van der Waals surface area (Å²) in [6, 6.07) is 2.80. The number of halogens is 1. The SMILES string of the molecule is C=CC[C@H]1C[C@]2(C(C)Cc3cc(OCc4cnc([N+](=O)[O-])n4C)c(OC)cc3F)OCOC2=CC1=O. The van der Waals surface area contributed by atoms with E-state index < -0.39 is 16.3 Å². The molecule has 4 rings (SSSR count). The summed E-state index contributed by atoms with van der Waals surface area (Å²) in [5, 5.41) is 11.1. The van der Waals surface area contributed by atoms with E-state index in [0.717, 1.165) is 0 Å². The minimum absolute atomic E-state index is 0.0278. The van der Waals surface area contributed by atoms with Crippen LogP contribution in [0.1, 0.15) is 31.0 Å². The number of imidazole rings is 1. The number of nitro groups is 1. The first kappa shape index (κ1) is 25.4. The molecule has 2 heterocycles. The number of ether oxygens (including phenoxy) is 4. The summed E-state index contributed by atoms with van der Waals surface area (Å²) in [5.41, 5.74) is -0.00760. The van der Waals surface area contributed by atoms with Crippen LogP contribution in [0.25, 0.3) is 0 Å². The maximum atomic E-state index is 15.1. The van der Waals surface area contributed by atoms with Gasteiger partial charge in [-0.1, -0.05) is 18.0 Å². The lowest BCUT2D eigenvalue weighted by molar-refractivity contribution is -0.396. The minimum Gasteiger partial charge on any atom is -0.493 e. The van der Waals surface area contributed by atoms with Crippen molar-refractivity contribution in [1.29, 1.82) is 0 Å². The quantitative estimate of drug-likeness (QED) is 0.272. The predicted molar refractivity (Wildman–Crippen MR) is 126 cm³/mol. The molecule has 0 radical (unpaired) electrons. The van der Waals surface area contributed by atoms with Crippen LogP contribution < -0.4 is 9.47 Å². The molecule has 10 nitrogen and oxygen atoms in total. The van der Waals surface area contributed by atoms with Gasteiger partial charge in [0.05, 0.1) is 14.2 Å². The van der Waals surface area contributed by atoms with E-state index in [9.17, 15) is 14.9 Å². The number of methoxy groups -OCH3 is 1. The molecule has 0 spiro atoms. The second-order valence-electron chi connectivity index (χ2n) is 8.99. The molecule has 1 aromatic heterocycles. The smallest absolute Gasteiger partial charge is 0.434 e. The van der Waals surface area contributed by atoms with E-state index >= 15 is 4.39 Å². The van der Waals surface area contributed by atoms with Crippen LogP contribution in [0.5, 0.6) is 11.5 Å². The standard InChI is InChI=1S/C25H28FN3O7/c1-5-6-16-11-25(23(10-20(16)30)35-14-36-25)15(2)7-17-8-22(21(33-4)9-19(17)26)34-13-18-12-27-24(28(18)3)29(31)32/h5,8-10,12,15-16H,1,6-7,11,13-14H2,2-4H3/t15?,16-,25+/m0/s1. The summed E-state index contributed by atoms with van der Waals surface area (Å²) in [6.45, 7) is 5.67. The topological polar surface area (TPSA) is 115 Å². The summed E-state index contributed by atoms with van der Waals surface area (Å²) in [7, 11) is 2.92. The molecule has 1 saturated heterocycles. The van der Waals surface area contributed by atoms with Gasteiger partial charge < -0.3 is 29.1 Å². The molecule has 1 aliphatic heterocycles. The van der Waals surface area contributed by atoms with Crippen LogP contribution in [0.15, 0.2) is 42.8 Å². The average Bonchev–Trinajstić information content (AvgIpc) is 3.43. The maximum absolute atomic E-state index is 15.1. The van der Waals surface area contributed by atoms with Crippen molar-refractivity contribution in [3.63, 3.8) is 0 Å². The van der Waals surface area contributed by atoms with E-state index in [-0.39, 0.29) is 54.9 Å². The number of fused-ring (bicyclic) bond motifs is 1. The van der Waals surface area contributed by atoms with Crippen LogP contribution in [0, 0.1) is 27.8 Å². The van der Waals surface area contributed by atoms with Crippen molar-refractivity contribution in [3.8, 4) is 11.5 Å². The van der Waals surface area contributed by atoms with E-state index in [1.165, 1.54) is 37.1 Å². The lowest BCUT2D eigenvalue weighted by Crippen LogP contribution is -2.45. The van der Waals surface area contributed by atoms with Crippen LogP contribution in [-0.4, -0.2) is 39.8 Å². The summed E-state index contributed by atoms with van der Waals surface area (Å²) >= 11 is 0. The Morgan fingerprint density at radius 3 is 2.89 bits per heavy atom. The molecule has 0 saturated carbocycles.